The number of aliphatic imine (C=N–C) groups is 1. The number of nitrogens with zero attached hydrogens (tertiary/aromatic N) is 2. The Morgan fingerprint density at radius 1 is 1.32 bits per heavy atom. The van der Waals surface area contributed by atoms with E-state index in [1.807, 2.05) is 12.3 Å². The van der Waals surface area contributed by atoms with Crippen molar-refractivity contribution in [2.75, 3.05) is 6.54 Å². The second-order valence-electron chi connectivity index (χ2n) is 6.89. The van der Waals surface area contributed by atoms with Crippen LogP contribution in [0.15, 0.2) is 29.4 Å². The van der Waals surface area contributed by atoms with Crippen molar-refractivity contribution >= 4 is 5.71 Å². The summed E-state index contributed by atoms with van der Waals surface area (Å²) in [4.78, 5) is 9.31. The highest BCUT2D eigenvalue weighted by molar-refractivity contribution is 5.94. The van der Waals surface area contributed by atoms with Gasteiger partial charge in [0.15, 0.2) is 0 Å². The number of hydrogen-bond donors (Lipinski definition) is 0. The topological polar surface area (TPSA) is 25.2 Å². The minimum absolute atomic E-state index is 0.349. The fourth-order valence-corrected chi connectivity index (χ4v) is 4.02. The summed E-state index contributed by atoms with van der Waals surface area (Å²) in [6.07, 6.45) is 6.78. The molecule has 2 bridgehead atoms. The van der Waals surface area contributed by atoms with Gasteiger partial charge in [0.2, 0.25) is 0 Å². The smallest absolute Gasteiger partial charge is 0.0444 e. The van der Waals surface area contributed by atoms with E-state index in [1.54, 1.807) is 0 Å². The van der Waals surface area contributed by atoms with Crippen LogP contribution in [0.3, 0.4) is 0 Å². The summed E-state index contributed by atoms with van der Waals surface area (Å²) in [5.41, 5.74) is 3.42. The van der Waals surface area contributed by atoms with E-state index in [2.05, 4.69) is 37.9 Å². The summed E-state index contributed by atoms with van der Waals surface area (Å²) in [5, 5.41) is 0. The highest BCUT2D eigenvalue weighted by atomic mass is 14.8. The SMILES string of the molecule is CC1(C)[C@@H]2CC[C@@]1(C)C(=NCCc1ccccn1)C2. The van der Waals surface area contributed by atoms with Crippen LogP contribution in [0.2, 0.25) is 0 Å². The van der Waals surface area contributed by atoms with Crippen LogP contribution in [0.1, 0.15) is 45.7 Å². The van der Waals surface area contributed by atoms with Gasteiger partial charge in [-0.1, -0.05) is 26.8 Å². The third kappa shape index (κ3) is 1.92. The van der Waals surface area contributed by atoms with Gasteiger partial charge >= 0.3 is 0 Å². The Morgan fingerprint density at radius 2 is 2.16 bits per heavy atom. The lowest BCUT2D eigenvalue weighted by Crippen LogP contribution is -2.32. The van der Waals surface area contributed by atoms with Crippen LogP contribution in [0.5, 0.6) is 0 Å². The molecule has 0 unspecified atom stereocenters. The number of fused-ring (bicyclic) bond motifs is 2. The van der Waals surface area contributed by atoms with Gasteiger partial charge in [0.05, 0.1) is 0 Å². The Kier molecular flexibility index (Phi) is 2.99. The quantitative estimate of drug-likeness (QED) is 0.805. The van der Waals surface area contributed by atoms with Crippen LogP contribution in [0, 0.1) is 16.7 Å². The van der Waals surface area contributed by atoms with Crippen molar-refractivity contribution in [2.24, 2.45) is 21.7 Å². The molecule has 102 valence electrons. The van der Waals surface area contributed by atoms with Crippen molar-refractivity contribution in [3.05, 3.63) is 30.1 Å². The van der Waals surface area contributed by atoms with Gasteiger partial charge in [0, 0.05) is 36.0 Å². The fraction of sp³-hybridized carbons (Fsp3) is 0.647. The first kappa shape index (κ1) is 12.8. The molecule has 2 aliphatic rings. The Morgan fingerprint density at radius 3 is 2.74 bits per heavy atom. The molecule has 1 aromatic heterocycles. The molecular weight excluding hydrogens is 232 g/mol. The lowest BCUT2D eigenvalue weighted by atomic mass is 9.70. The van der Waals surface area contributed by atoms with Gasteiger partial charge in [0.1, 0.15) is 0 Å². The van der Waals surface area contributed by atoms with Crippen molar-refractivity contribution < 1.29 is 0 Å². The van der Waals surface area contributed by atoms with Gasteiger partial charge in [0.25, 0.3) is 0 Å². The first-order valence-electron chi connectivity index (χ1n) is 7.48. The van der Waals surface area contributed by atoms with Crippen molar-refractivity contribution in [3.8, 4) is 0 Å². The molecule has 2 heteroatoms. The van der Waals surface area contributed by atoms with Crippen LogP contribution in [-0.2, 0) is 6.42 Å². The summed E-state index contributed by atoms with van der Waals surface area (Å²) < 4.78 is 0. The molecule has 2 atom stereocenters. The van der Waals surface area contributed by atoms with Crippen molar-refractivity contribution in [2.45, 2.75) is 46.5 Å². The molecule has 0 aromatic carbocycles. The zero-order valence-electron chi connectivity index (χ0n) is 12.3. The van der Waals surface area contributed by atoms with Crippen LogP contribution < -0.4 is 0 Å². The van der Waals surface area contributed by atoms with Gasteiger partial charge in [-0.05, 0) is 42.7 Å². The first-order chi connectivity index (χ1) is 9.04. The second kappa shape index (κ2) is 4.43. The molecule has 2 nitrogen and oxygen atoms in total. The number of hydrogen-bond acceptors (Lipinski definition) is 2. The van der Waals surface area contributed by atoms with Crippen LogP contribution in [0.4, 0.5) is 0 Å². The summed E-state index contributed by atoms with van der Waals surface area (Å²) >= 11 is 0. The van der Waals surface area contributed by atoms with Crippen molar-refractivity contribution in [1.82, 2.24) is 4.98 Å². The van der Waals surface area contributed by atoms with E-state index in [0.29, 0.717) is 10.8 Å². The Balaban J connectivity index is 1.69. The van der Waals surface area contributed by atoms with Gasteiger partial charge < -0.3 is 0 Å². The second-order valence-corrected chi connectivity index (χ2v) is 6.89. The summed E-state index contributed by atoms with van der Waals surface area (Å²) in [6, 6.07) is 6.11. The minimum atomic E-state index is 0.349. The molecule has 0 saturated heterocycles. The molecule has 2 aliphatic carbocycles. The average molecular weight is 256 g/mol. The minimum Gasteiger partial charge on any atom is -0.293 e. The zero-order chi connectivity index (χ0) is 13.5. The van der Waals surface area contributed by atoms with E-state index >= 15 is 0 Å². The Labute approximate surface area is 116 Å². The van der Waals surface area contributed by atoms with E-state index in [4.69, 9.17) is 4.99 Å². The van der Waals surface area contributed by atoms with Crippen molar-refractivity contribution in [3.63, 3.8) is 0 Å². The maximum absolute atomic E-state index is 4.95. The standard InChI is InChI=1S/C17H24N2/c1-16(2)13-7-9-17(16,3)15(12-13)19-11-8-14-6-4-5-10-18-14/h4-6,10,13H,7-9,11-12H2,1-3H3/t13-,17+/m1/s1. The molecule has 0 N–H and O–H groups in total. The van der Waals surface area contributed by atoms with E-state index in [1.165, 1.54) is 25.0 Å². The third-order valence-electron chi connectivity index (χ3n) is 5.91. The number of rotatable bonds is 3. The van der Waals surface area contributed by atoms with E-state index < -0.39 is 0 Å². The molecule has 0 aliphatic heterocycles. The molecule has 19 heavy (non-hydrogen) atoms. The molecule has 2 fully saturated rings. The van der Waals surface area contributed by atoms with Crippen molar-refractivity contribution in [1.29, 1.82) is 0 Å². The van der Waals surface area contributed by atoms with Gasteiger partial charge in [-0.25, -0.2) is 0 Å². The number of pyridine rings is 1. The summed E-state index contributed by atoms with van der Waals surface area (Å²) in [5.74, 6) is 0.853. The molecule has 1 heterocycles. The largest absolute Gasteiger partial charge is 0.293 e. The lowest BCUT2D eigenvalue weighted by Gasteiger charge is -2.34. The Bertz CT molecular complexity index is 489. The molecular formula is C17H24N2. The monoisotopic (exact) mass is 256 g/mol. The summed E-state index contributed by atoms with van der Waals surface area (Å²) in [7, 11) is 0. The average Bonchev–Trinajstić information content (AvgIpc) is 2.73. The number of aromatic nitrogens is 1. The van der Waals surface area contributed by atoms with Gasteiger partial charge in [-0.15, -0.1) is 0 Å². The molecule has 0 amide bonds. The highest BCUT2D eigenvalue weighted by Crippen LogP contribution is 2.63. The maximum Gasteiger partial charge on any atom is 0.0444 e. The van der Waals surface area contributed by atoms with E-state index in [0.717, 1.165) is 24.6 Å². The van der Waals surface area contributed by atoms with Crippen LogP contribution in [0.25, 0.3) is 0 Å². The highest BCUT2D eigenvalue weighted by Gasteiger charge is 2.59. The van der Waals surface area contributed by atoms with E-state index in [-0.39, 0.29) is 0 Å². The third-order valence-corrected chi connectivity index (χ3v) is 5.91. The lowest BCUT2D eigenvalue weighted by molar-refractivity contribution is 0.194. The molecule has 3 rings (SSSR count). The molecule has 0 spiro atoms. The predicted molar refractivity (Wildman–Crippen MR) is 79.5 cm³/mol. The zero-order valence-corrected chi connectivity index (χ0v) is 12.3. The summed E-state index contributed by atoms with van der Waals surface area (Å²) in [6.45, 7) is 8.20. The first-order valence-corrected chi connectivity index (χ1v) is 7.48. The van der Waals surface area contributed by atoms with Gasteiger partial charge in [-0.3, -0.25) is 9.98 Å². The van der Waals surface area contributed by atoms with E-state index in [9.17, 15) is 0 Å². The molecule has 1 aromatic rings. The molecule has 0 radical (unpaired) electrons. The van der Waals surface area contributed by atoms with Crippen LogP contribution >= 0.6 is 0 Å². The maximum atomic E-state index is 4.95. The molecule has 2 saturated carbocycles. The fourth-order valence-electron chi connectivity index (χ4n) is 4.02. The predicted octanol–water partition coefficient (Wildman–Crippen LogP) is 3.91. The Hall–Kier alpha value is -1.18. The van der Waals surface area contributed by atoms with Crippen LogP contribution in [-0.4, -0.2) is 17.2 Å². The normalized spacial score (nSPS) is 34.1. The van der Waals surface area contributed by atoms with Gasteiger partial charge in [-0.2, -0.15) is 0 Å².